The Morgan fingerprint density at radius 3 is 2.52 bits per heavy atom. The Labute approximate surface area is 126 Å². The van der Waals surface area contributed by atoms with Gasteiger partial charge in [-0.3, -0.25) is 0 Å². The molecule has 0 unspecified atom stereocenters. The minimum Gasteiger partial charge on any atom is -0.494 e. The number of hydrogen-bond acceptors (Lipinski definition) is 4. The molecule has 2 rings (SSSR count). The lowest BCUT2D eigenvalue weighted by Gasteiger charge is -2.16. The second kappa shape index (κ2) is 7.64. The molecule has 1 N–H and O–H groups in total. The number of nitrogens with zero attached hydrogens (tertiary/aromatic N) is 2. The van der Waals surface area contributed by atoms with Crippen LogP contribution in [0.1, 0.15) is 18.1 Å². The van der Waals surface area contributed by atoms with Gasteiger partial charge in [-0.1, -0.05) is 18.2 Å². The maximum absolute atomic E-state index is 5.44. The molecule has 0 saturated carbocycles. The number of ether oxygens (including phenoxy) is 1. The van der Waals surface area contributed by atoms with Crippen molar-refractivity contribution in [1.82, 2.24) is 10.3 Å². The molecule has 21 heavy (non-hydrogen) atoms. The highest BCUT2D eigenvalue weighted by Gasteiger charge is 2.04. The Morgan fingerprint density at radius 1 is 1.10 bits per heavy atom. The van der Waals surface area contributed by atoms with E-state index in [9.17, 15) is 0 Å². The van der Waals surface area contributed by atoms with Gasteiger partial charge in [0.1, 0.15) is 11.6 Å². The van der Waals surface area contributed by atoms with Gasteiger partial charge in [-0.2, -0.15) is 0 Å². The Morgan fingerprint density at radius 2 is 1.86 bits per heavy atom. The summed E-state index contributed by atoms with van der Waals surface area (Å²) in [6, 6.07) is 12.3. The molecule has 0 aliphatic carbocycles. The van der Waals surface area contributed by atoms with Crippen LogP contribution < -0.4 is 15.0 Å². The van der Waals surface area contributed by atoms with Gasteiger partial charge in [-0.15, -0.1) is 0 Å². The predicted molar refractivity (Wildman–Crippen MR) is 86.7 cm³/mol. The number of benzene rings is 1. The lowest BCUT2D eigenvalue weighted by Crippen LogP contribution is -2.18. The van der Waals surface area contributed by atoms with Crippen LogP contribution in [0.25, 0.3) is 0 Å². The van der Waals surface area contributed by atoms with E-state index in [1.165, 1.54) is 11.1 Å². The van der Waals surface area contributed by atoms with Crippen molar-refractivity contribution in [1.29, 1.82) is 0 Å². The molecule has 112 valence electrons. The SMILES string of the molecule is CCOc1ccc(CNCc2cccnc2N(C)C)cc1. The van der Waals surface area contributed by atoms with Crippen LogP contribution in [0, 0.1) is 0 Å². The van der Waals surface area contributed by atoms with Crippen molar-refractivity contribution in [3.63, 3.8) is 0 Å². The monoisotopic (exact) mass is 285 g/mol. The molecule has 1 aromatic carbocycles. The first-order chi connectivity index (χ1) is 10.2. The zero-order valence-corrected chi connectivity index (χ0v) is 13.0. The van der Waals surface area contributed by atoms with Crippen LogP contribution in [-0.2, 0) is 13.1 Å². The number of nitrogens with one attached hydrogen (secondary N) is 1. The first-order valence-electron chi connectivity index (χ1n) is 7.24. The van der Waals surface area contributed by atoms with E-state index >= 15 is 0 Å². The Balaban J connectivity index is 1.89. The molecule has 0 aliphatic rings. The van der Waals surface area contributed by atoms with Crippen LogP contribution in [0.4, 0.5) is 5.82 Å². The molecule has 1 aromatic heterocycles. The van der Waals surface area contributed by atoms with Crippen LogP contribution in [0.15, 0.2) is 42.6 Å². The average molecular weight is 285 g/mol. The van der Waals surface area contributed by atoms with Crippen molar-refractivity contribution in [2.24, 2.45) is 0 Å². The summed E-state index contributed by atoms with van der Waals surface area (Å²) in [5.41, 5.74) is 2.45. The molecule has 1 heterocycles. The second-order valence-electron chi connectivity index (χ2n) is 5.06. The Hall–Kier alpha value is -2.07. The number of pyridine rings is 1. The van der Waals surface area contributed by atoms with Crippen molar-refractivity contribution in [2.75, 3.05) is 25.6 Å². The number of rotatable bonds is 7. The quantitative estimate of drug-likeness (QED) is 0.849. The fourth-order valence-corrected chi connectivity index (χ4v) is 2.18. The molecule has 0 aliphatic heterocycles. The van der Waals surface area contributed by atoms with Gasteiger partial charge >= 0.3 is 0 Å². The first-order valence-corrected chi connectivity index (χ1v) is 7.24. The normalized spacial score (nSPS) is 10.4. The highest BCUT2D eigenvalue weighted by atomic mass is 16.5. The molecule has 4 heteroatoms. The maximum atomic E-state index is 5.44. The van der Waals surface area contributed by atoms with E-state index in [4.69, 9.17) is 4.74 Å². The lowest BCUT2D eigenvalue weighted by atomic mass is 10.2. The molecule has 0 fully saturated rings. The summed E-state index contributed by atoms with van der Waals surface area (Å²) >= 11 is 0. The topological polar surface area (TPSA) is 37.4 Å². The van der Waals surface area contributed by atoms with Gasteiger partial charge in [0, 0.05) is 38.9 Å². The summed E-state index contributed by atoms with van der Waals surface area (Å²) in [6.07, 6.45) is 1.82. The van der Waals surface area contributed by atoms with Crippen molar-refractivity contribution >= 4 is 5.82 Å². The summed E-state index contributed by atoms with van der Waals surface area (Å²) < 4.78 is 5.44. The molecule has 0 radical (unpaired) electrons. The molecule has 2 aromatic rings. The smallest absolute Gasteiger partial charge is 0.132 e. The van der Waals surface area contributed by atoms with Gasteiger partial charge in [0.15, 0.2) is 0 Å². The number of aromatic nitrogens is 1. The number of anilines is 1. The van der Waals surface area contributed by atoms with Crippen LogP contribution in [0.3, 0.4) is 0 Å². The Kier molecular flexibility index (Phi) is 5.58. The van der Waals surface area contributed by atoms with E-state index in [1.54, 1.807) is 0 Å². The molecule has 4 nitrogen and oxygen atoms in total. The van der Waals surface area contributed by atoms with Crippen molar-refractivity contribution in [2.45, 2.75) is 20.0 Å². The fraction of sp³-hybridized carbons (Fsp3) is 0.353. The van der Waals surface area contributed by atoms with E-state index in [-0.39, 0.29) is 0 Å². The third kappa shape index (κ3) is 4.46. The van der Waals surface area contributed by atoms with E-state index < -0.39 is 0 Å². The summed E-state index contributed by atoms with van der Waals surface area (Å²) in [5.74, 6) is 1.93. The molecule has 0 spiro atoms. The summed E-state index contributed by atoms with van der Waals surface area (Å²) in [4.78, 5) is 6.44. The maximum Gasteiger partial charge on any atom is 0.132 e. The second-order valence-corrected chi connectivity index (χ2v) is 5.06. The minimum atomic E-state index is 0.700. The molecule has 0 atom stereocenters. The van der Waals surface area contributed by atoms with Crippen LogP contribution in [-0.4, -0.2) is 25.7 Å². The van der Waals surface area contributed by atoms with Crippen LogP contribution in [0.2, 0.25) is 0 Å². The van der Waals surface area contributed by atoms with Crippen molar-refractivity contribution in [3.8, 4) is 5.75 Å². The largest absolute Gasteiger partial charge is 0.494 e. The average Bonchev–Trinajstić information content (AvgIpc) is 2.50. The predicted octanol–water partition coefficient (Wildman–Crippen LogP) is 2.84. The highest BCUT2D eigenvalue weighted by molar-refractivity contribution is 5.45. The zero-order valence-electron chi connectivity index (χ0n) is 13.0. The van der Waals surface area contributed by atoms with E-state index in [1.807, 2.05) is 50.3 Å². The standard InChI is InChI=1S/C17H23N3O/c1-4-21-16-9-7-14(8-10-16)12-18-13-15-6-5-11-19-17(15)20(2)3/h5-11,18H,4,12-13H2,1-3H3. The third-order valence-electron chi connectivity index (χ3n) is 3.17. The third-order valence-corrected chi connectivity index (χ3v) is 3.17. The fourth-order valence-electron chi connectivity index (χ4n) is 2.18. The van der Waals surface area contributed by atoms with E-state index in [0.717, 1.165) is 24.7 Å². The van der Waals surface area contributed by atoms with Gasteiger partial charge < -0.3 is 15.0 Å². The van der Waals surface area contributed by atoms with Gasteiger partial charge in [-0.05, 0) is 30.7 Å². The van der Waals surface area contributed by atoms with E-state index in [0.29, 0.717) is 6.61 Å². The van der Waals surface area contributed by atoms with Crippen LogP contribution >= 0.6 is 0 Å². The number of hydrogen-bond donors (Lipinski definition) is 1. The van der Waals surface area contributed by atoms with Gasteiger partial charge in [0.2, 0.25) is 0 Å². The molecule has 0 amide bonds. The minimum absolute atomic E-state index is 0.700. The molecular formula is C17H23N3O. The Bertz CT molecular complexity index is 552. The molecule has 0 bridgehead atoms. The highest BCUT2D eigenvalue weighted by Crippen LogP contribution is 2.15. The lowest BCUT2D eigenvalue weighted by molar-refractivity contribution is 0.340. The van der Waals surface area contributed by atoms with Gasteiger partial charge in [-0.25, -0.2) is 4.98 Å². The van der Waals surface area contributed by atoms with Crippen molar-refractivity contribution in [3.05, 3.63) is 53.7 Å². The van der Waals surface area contributed by atoms with E-state index in [2.05, 4.69) is 28.5 Å². The summed E-state index contributed by atoms with van der Waals surface area (Å²) in [6.45, 7) is 4.32. The van der Waals surface area contributed by atoms with Gasteiger partial charge in [0.25, 0.3) is 0 Å². The van der Waals surface area contributed by atoms with Gasteiger partial charge in [0.05, 0.1) is 6.61 Å². The summed E-state index contributed by atoms with van der Waals surface area (Å²) in [7, 11) is 4.02. The first kappa shape index (κ1) is 15.3. The van der Waals surface area contributed by atoms with Crippen LogP contribution in [0.5, 0.6) is 5.75 Å². The molecular weight excluding hydrogens is 262 g/mol. The molecule has 0 saturated heterocycles. The zero-order chi connectivity index (χ0) is 15.1. The summed E-state index contributed by atoms with van der Waals surface area (Å²) in [5, 5.41) is 3.46. The van der Waals surface area contributed by atoms with Crippen molar-refractivity contribution < 1.29 is 4.74 Å².